The zero-order valence-electron chi connectivity index (χ0n) is 8.59. The van der Waals surface area contributed by atoms with Crippen molar-refractivity contribution >= 4 is 0 Å². The zero-order valence-corrected chi connectivity index (χ0v) is 8.59. The topological polar surface area (TPSA) is 21.3 Å². The Labute approximate surface area is 84.1 Å². The molecule has 3 heteroatoms. The average molecular weight is 197 g/mol. The molecule has 1 aromatic rings. The van der Waals surface area contributed by atoms with Crippen molar-refractivity contribution in [2.24, 2.45) is 0 Å². The Kier molecular flexibility index (Phi) is 4.56. The van der Waals surface area contributed by atoms with Crippen LogP contribution in [0.1, 0.15) is 18.1 Å². The molecule has 78 valence electrons. The first-order valence-electron chi connectivity index (χ1n) is 4.70. The SMILES string of the molecule is CNCCC(OC)c1cccc(F)c1. The lowest BCUT2D eigenvalue weighted by atomic mass is 10.1. The minimum Gasteiger partial charge on any atom is -0.377 e. The fourth-order valence-corrected chi connectivity index (χ4v) is 1.40. The molecule has 0 heterocycles. The van der Waals surface area contributed by atoms with Crippen LogP contribution in [0.3, 0.4) is 0 Å². The maximum atomic E-state index is 12.9. The fourth-order valence-electron chi connectivity index (χ4n) is 1.40. The van der Waals surface area contributed by atoms with Gasteiger partial charge in [-0.3, -0.25) is 0 Å². The van der Waals surface area contributed by atoms with E-state index in [2.05, 4.69) is 5.32 Å². The summed E-state index contributed by atoms with van der Waals surface area (Å²) in [6.45, 7) is 0.856. The second-order valence-electron chi connectivity index (χ2n) is 3.17. The first kappa shape index (κ1) is 11.1. The Morgan fingerprint density at radius 2 is 2.29 bits per heavy atom. The Balaban J connectivity index is 2.68. The quantitative estimate of drug-likeness (QED) is 0.780. The van der Waals surface area contributed by atoms with Crippen LogP contribution < -0.4 is 5.32 Å². The molecule has 14 heavy (non-hydrogen) atoms. The van der Waals surface area contributed by atoms with Crippen molar-refractivity contribution in [2.45, 2.75) is 12.5 Å². The van der Waals surface area contributed by atoms with Crippen LogP contribution in [0.15, 0.2) is 24.3 Å². The third-order valence-corrected chi connectivity index (χ3v) is 2.16. The maximum absolute atomic E-state index is 12.9. The van der Waals surface area contributed by atoms with E-state index in [-0.39, 0.29) is 11.9 Å². The molecule has 0 saturated carbocycles. The van der Waals surface area contributed by atoms with Crippen LogP contribution in [0, 0.1) is 5.82 Å². The van der Waals surface area contributed by atoms with Crippen LogP contribution in [0.2, 0.25) is 0 Å². The van der Waals surface area contributed by atoms with Crippen molar-refractivity contribution in [3.63, 3.8) is 0 Å². The summed E-state index contributed by atoms with van der Waals surface area (Å²) in [6, 6.07) is 6.54. The molecule has 0 aliphatic rings. The largest absolute Gasteiger partial charge is 0.377 e. The van der Waals surface area contributed by atoms with Gasteiger partial charge in [-0.1, -0.05) is 12.1 Å². The van der Waals surface area contributed by atoms with Gasteiger partial charge >= 0.3 is 0 Å². The molecule has 0 amide bonds. The first-order valence-corrected chi connectivity index (χ1v) is 4.70. The second-order valence-corrected chi connectivity index (χ2v) is 3.17. The van der Waals surface area contributed by atoms with E-state index in [4.69, 9.17) is 4.74 Å². The number of methoxy groups -OCH3 is 1. The van der Waals surface area contributed by atoms with Crippen LogP contribution in [-0.4, -0.2) is 20.7 Å². The molecule has 1 aromatic carbocycles. The van der Waals surface area contributed by atoms with Gasteiger partial charge in [0.2, 0.25) is 0 Å². The predicted octanol–water partition coefficient (Wildman–Crippen LogP) is 2.12. The van der Waals surface area contributed by atoms with Crippen LogP contribution in [0.25, 0.3) is 0 Å². The Bertz CT molecular complexity index is 278. The second kappa shape index (κ2) is 5.73. The van der Waals surface area contributed by atoms with Crippen LogP contribution in [0.5, 0.6) is 0 Å². The lowest BCUT2D eigenvalue weighted by Crippen LogP contribution is -2.13. The number of halogens is 1. The third kappa shape index (κ3) is 3.09. The van der Waals surface area contributed by atoms with E-state index in [0.717, 1.165) is 18.5 Å². The summed E-state index contributed by atoms with van der Waals surface area (Å²) < 4.78 is 18.2. The number of benzene rings is 1. The summed E-state index contributed by atoms with van der Waals surface area (Å²) in [5.74, 6) is -0.214. The van der Waals surface area contributed by atoms with Gasteiger partial charge in [-0.05, 0) is 37.7 Å². The lowest BCUT2D eigenvalue weighted by Gasteiger charge is -2.15. The van der Waals surface area contributed by atoms with E-state index in [0.29, 0.717) is 0 Å². The Hall–Kier alpha value is -0.930. The molecule has 0 aliphatic carbocycles. The van der Waals surface area contributed by atoms with Gasteiger partial charge in [0.15, 0.2) is 0 Å². The molecular weight excluding hydrogens is 181 g/mol. The summed E-state index contributed by atoms with van der Waals surface area (Å²) in [6.07, 6.45) is 0.814. The van der Waals surface area contributed by atoms with Gasteiger partial charge in [0.05, 0.1) is 6.10 Å². The van der Waals surface area contributed by atoms with Gasteiger partial charge in [0.25, 0.3) is 0 Å². The van der Waals surface area contributed by atoms with Gasteiger partial charge in [-0.2, -0.15) is 0 Å². The highest BCUT2D eigenvalue weighted by molar-refractivity contribution is 5.18. The molecule has 1 atom stereocenters. The van der Waals surface area contributed by atoms with Gasteiger partial charge in [-0.15, -0.1) is 0 Å². The van der Waals surface area contributed by atoms with E-state index in [1.165, 1.54) is 12.1 Å². The summed E-state index contributed by atoms with van der Waals surface area (Å²) in [5, 5.41) is 3.04. The summed E-state index contributed by atoms with van der Waals surface area (Å²) in [4.78, 5) is 0. The molecule has 2 nitrogen and oxygen atoms in total. The predicted molar refractivity (Wildman–Crippen MR) is 54.7 cm³/mol. The highest BCUT2D eigenvalue weighted by Crippen LogP contribution is 2.20. The molecule has 1 unspecified atom stereocenters. The highest BCUT2D eigenvalue weighted by atomic mass is 19.1. The van der Waals surface area contributed by atoms with Crippen molar-refractivity contribution in [3.8, 4) is 0 Å². The van der Waals surface area contributed by atoms with Crippen LogP contribution in [0.4, 0.5) is 4.39 Å². The zero-order chi connectivity index (χ0) is 10.4. The van der Waals surface area contributed by atoms with E-state index in [1.54, 1.807) is 13.2 Å². The van der Waals surface area contributed by atoms with Gasteiger partial charge < -0.3 is 10.1 Å². The minimum atomic E-state index is -0.214. The van der Waals surface area contributed by atoms with Gasteiger partial charge in [-0.25, -0.2) is 4.39 Å². The van der Waals surface area contributed by atoms with Crippen LogP contribution in [-0.2, 0) is 4.74 Å². The maximum Gasteiger partial charge on any atom is 0.123 e. The molecule has 0 fully saturated rings. The van der Waals surface area contributed by atoms with Crippen LogP contribution >= 0.6 is 0 Å². The van der Waals surface area contributed by atoms with E-state index < -0.39 is 0 Å². The van der Waals surface area contributed by atoms with E-state index in [9.17, 15) is 4.39 Å². The summed E-state index contributed by atoms with van der Waals surface area (Å²) in [5.41, 5.74) is 0.891. The highest BCUT2D eigenvalue weighted by Gasteiger charge is 2.09. The Morgan fingerprint density at radius 1 is 1.50 bits per heavy atom. The monoisotopic (exact) mass is 197 g/mol. The number of ether oxygens (including phenoxy) is 1. The van der Waals surface area contributed by atoms with Crippen molar-refractivity contribution in [1.29, 1.82) is 0 Å². The molecule has 0 aromatic heterocycles. The summed E-state index contributed by atoms with van der Waals surface area (Å²) >= 11 is 0. The van der Waals surface area contributed by atoms with Crippen molar-refractivity contribution < 1.29 is 9.13 Å². The molecule has 0 bridgehead atoms. The Morgan fingerprint density at radius 3 is 2.86 bits per heavy atom. The number of rotatable bonds is 5. The molecule has 1 N–H and O–H groups in total. The standard InChI is InChI=1S/C11H16FNO/c1-13-7-6-11(14-2)9-4-3-5-10(12)8-9/h3-5,8,11,13H,6-7H2,1-2H3. The molecule has 0 radical (unpaired) electrons. The van der Waals surface area contributed by atoms with Crippen molar-refractivity contribution in [2.75, 3.05) is 20.7 Å². The minimum absolute atomic E-state index is 0.0295. The van der Waals surface area contributed by atoms with Crippen molar-refractivity contribution in [3.05, 3.63) is 35.6 Å². The third-order valence-electron chi connectivity index (χ3n) is 2.16. The molecule has 0 spiro atoms. The molecule has 0 aliphatic heterocycles. The number of nitrogens with one attached hydrogen (secondary N) is 1. The smallest absolute Gasteiger partial charge is 0.123 e. The first-order chi connectivity index (χ1) is 6.77. The molecular formula is C11H16FNO. The van der Waals surface area contributed by atoms with Gasteiger partial charge in [0.1, 0.15) is 5.82 Å². The van der Waals surface area contributed by atoms with Gasteiger partial charge in [0, 0.05) is 7.11 Å². The summed E-state index contributed by atoms with van der Waals surface area (Å²) in [7, 11) is 3.53. The number of hydrogen-bond donors (Lipinski definition) is 1. The average Bonchev–Trinajstić information content (AvgIpc) is 2.19. The van der Waals surface area contributed by atoms with E-state index >= 15 is 0 Å². The number of hydrogen-bond acceptors (Lipinski definition) is 2. The lowest BCUT2D eigenvalue weighted by molar-refractivity contribution is 0.0959. The fraction of sp³-hybridized carbons (Fsp3) is 0.455. The molecule has 0 saturated heterocycles. The molecule has 1 rings (SSSR count). The van der Waals surface area contributed by atoms with E-state index in [1.807, 2.05) is 13.1 Å². The van der Waals surface area contributed by atoms with Crippen molar-refractivity contribution in [1.82, 2.24) is 5.32 Å². The normalized spacial score (nSPS) is 12.8.